The van der Waals surface area contributed by atoms with Gasteiger partial charge in [-0.15, -0.1) is 10.2 Å². The number of fused-ring (bicyclic) bond motifs is 1. The number of anilines is 1. The molecule has 1 aromatic carbocycles. The molecule has 2 aromatic heterocycles. The molecule has 114 valence electrons. The minimum atomic E-state index is -0.128. The zero-order valence-corrected chi connectivity index (χ0v) is 13.6. The van der Waals surface area contributed by atoms with Gasteiger partial charge >= 0.3 is 0 Å². The van der Waals surface area contributed by atoms with Crippen LogP contribution in [-0.4, -0.2) is 20.7 Å². The Labute approximate surface area is 136 Å². The van der Waals surface area contributed by atoms with Crippen molar-refractivity contribution in [1.82, 2.24) is 14.8 Å². The molecule has 0 aliphatic heterocycles. The van der Waals surface area contributed by atoms with Crippen LogP contribution >= 0.6 is 22.9 Å². The molecule has 7 heteroatoms. The van der Waals surface area contributed by atoms with Crippen molar-refractivity contribution >= 4 is 44.9 Å². The number of nitrogens with one attached hydrogen (secondary N) is 1. The maximum atomic E-state index is 12.1. The Kier molecular flexibility index (Phi) is 4.40. The summed E-state index contributed by atoms with van der Waals surface area (Å²) in [4.78, 5) is 12.1. The van der Waals surface area contributed by atoms with E-state index < -0.39 is 0 Å². The summed E-state index contributed by atoms with van der Waals surface area (Å²) in [6.07, 6.45) is 3.76. The second kappa shape index (κ2) is 6.46. The van der Waals surface area contributed by atoms with E-state index in [1.54, 1.807) is 0 Å². The number of aryl methyl sites for hydroxylation is 1. The summed E-state index contributed by atoms with van der Waals surface area (Å²) in [5.74, 6) is -0.128. The van der Waals surface area contributed by atoms with E-state index >= 15 is 0 Å². The lowest BCUT2D eigenvalue weighted by molar-refractivity contribution is -0.116. The highest BCUT2D eigenvalue weighted by molar-refractivity contribution is 7.15. The molecule has 0 saturated carbocycles. The fourth-order valence-electron chi connectivity index (χ4n) is 2.26. The molecule has 3 rings (SSSR count). The fourth-order valence-corrected chi connectivity index (χ4v) is 3.35. The molecule has 1 amide bonds. The van der Waals surface area contributed by atoms with Gasteiger partial charge in [0.2, 0.25) is 11.0 Å². The van der Waals surface area contributed by atoms with E-state index in [0.29, 0.717) is 10.2 Å². The van der Waals surface area contributed by atoms with Crippen LogP contribution in [0.1, 0.15) is 18.4 Å². The summed E-state index contributed by atoms with van der Waals surface area (Å²) in [5.41, 5.74) is 0.937. The van der Waals surface area contributed by atoms with Crippen molar-refractivity contribution in [2.45, 2.75) is 26.3 Å². The monoisotopic (exact) mass is 334 g/mol. The average molecular weight is 335 g/mol. The van der Waals surface area contributed by atoms with Gasteiger partial charge in [-0.25, -0.2) is 0 Å². The van der Waals surface area contributed by atoms with Gasteiger partial charge in [-0.3, -0.25) is 10.1 Å². The highest BCUT2D eigenvalue weighted by atomic mass is 35.5. The molecular formula is C15H15ClN4OS. The molecule has 0 atom stereocenters. The quantitative estimate of drug-likeness (QED) is 0.773. The number of hydrogen-bond donors (Lipinski definition) is 1. The first-order valence-electron chi connectivity index (χ1n) is 7.03. The molecule has 1 N–H and O–H groups in total. The van der Waals surface area contributed by atoms with Crippen LogP contribution in [0.5, 0.6) is 0 Å². The van der Waals surface area contributed by atoms with Crippen LogP contribution in [0.4, 0.5) is 5.13 Å². The highest BCUT2D eigenvalue weighted by Gasteiger charge is 2.10. The first kappa shape index (κ1) is 15.0. The van der Waals surface area contributed by atoms with Crippen molar-refractivity contribution in [3.8, 4) is 0 Å². The standard InChI is InChI=1S/C15H15ClN4OS/c1-2-4-14-18-19-15(22-14)17-13(21)9-20-8-7-10-11(16)5-3-6-12(10)20/h3,5-8H,2,4,9H2,1H3,(H,17,19,21). The number of aromatic nitrogens is 3. The maximum Gasteiger partial charge on any atom is 0.246 e. The van der Waals surface area contributed by atoms with Crippen molar-refractivity contribution < 1.29 is 4.79 Å². The van der Waals surface area contributed by atoms with Gasteiger partial charge in [0.25, 0.3) is 0 Å². The number of halogens is 1. The van der Waals surface area contributed by atoms with Crippen molar-refractivity contribution in [3.63, 3.8) is 0 Å². The number of hydrogen-bond acceptors (Lipinski definition) is 4. The first-order valence-corrected chi connectivity index (χ1v) is 8.22. The number of carbonyl (C=O) groups excluding carboxylic acids is 1. The van der Waals surface area contributed by atoms with Crippen LogP contribution in [-0.2, 0) is 17.8 Å². The summed E-state index contributed by atoms with van der Waals surface area (Å²) in [6.45, 7) is 2.30. The largest absolute Gasteiger partial charge is 0.338 e. The van der Waals surface area contributed by atoms with Gasteiger partial charge < -0.3 is 4.57 Å². The molecule has 0 bridgehead atoms. The number of amides is 1. The molecule has 5 nitrogen and oxygen atoms in total. The number of carbonyl (C=O) groups is 1. The van der Waals surface area contributed by atoms with Gasteiger partial charge in [-0.2, -0.15) is 0 Å². The number of nitrogens with zero attached hydrogens (tertiary/aromatic N) is 3. The van der Waals surface area contributed by atoms with Crippen molar-refractivity contribution in [2.75, 3.05) is 5.32 Å². The summed E-state index contributed by atoms with van der Waals surface area (Å²) in [5, 5.41) is 13.9. The average Bonchev–Trinajstić information content (AvgIpc) is 3.08. The van der Waals surface area contributed by atoms with Crippen molar-refractivity contribution in [1.29, 1.82) is 0 Å². The van der Waals surface area contributed by atoms with Crippen LogP contribution in [0.15, 0.2) is 30.5 Å². The van der Waals surface area contributed by atoms with E-state index in [2.05, 4.69) is 22.4 Å². The van der Waals surface area contributed by atoms with Crippen molar-refractivity contribution in [3.05, 3.63) is 40.5 Å². The molecular weight excluding hydrogens is 320 g/mol. The molecule has 0 fully saturated rings. The third-order valence-corrected chi connectivity index (χ3v) is 4.48. The summed E-state index contributed by atoms with van der Waals surface area (Å²) < 4.78 is 1.87. The molecule has 0 aliphatic rings. The Morgan fingerprint density at radius 2 is 2.23 bits per heavy atom. The molecule has 0 aliphatic carbocycles. The lowest BCUT2D eigenvalue weighted by atomic mass is 10.2. The Hall–Kier alpha value is -1.92. The summed E-state index contributed by atoms with van der Waals surface area (Å²) >= 11 is 7.56. The van der Waals surface area contributed by atoms with Gasteiger partial charge in [0.1, 0.15) is 11.6 Å². The minimum absolute atomic E-state index is 0.128. The first-order chi connectivity index (χ1) is 10.7. The molecule has 0 unspecified atom stereocenters. The highest BCUT2D eigenvalue weighted by Crippen LogP contribution is 2.24. The minimum Gasteiger partial charge on any atom is -0.338 e. The van der Waals surface area contributed by atoms with Gasteiger partial charge in [0, 0.05) is 28.5 Å². The fraction of sp³-hybridized carbons (Fsp3) is 0.267. The predicted molar refractivity (Wildman–Crippen MR) is 89.5 cm³/mol. The molecule has 2 heterocycles. The van der Waals surface area contributed by atoms with E-state index in [9.17, 15) is 4.79 Å². The SMILES string of the molecule is CCCc1nnc(NC(=O)Cn2ccc3c(Cl)cccc32)s1. The van der Waals surface area contributed by atoms with E-state index in [4.69, 9.17) is 11.6 Å². The normalized spacial score (nSPS) is 11.0. The number of benzene rings is 1. The van der Waals surface area contributed by atoms with Crippen LogP contribution in [0, 0.1) is 0 Å². The molecule has 0 radical (unpaired) electrons. The molecule has 3 aromatic rings. The lowest BCUT2D eigenvalue weighted by Gasteiger charge is -2.05. The molecule has 22 heavy (non-hydrogen) atoms. The van der Waals surface area contributed by atoms with Gasteiger partial charge in [0.05, 0.1) is 0 Å². The van der Waals surface area contributed by atoms with E-state index in [1.165, 1.54) is 11.3 Å². The summed E-state index contributed by atoms with van der Waals surface area (Å²) in [6, 6.07) is 7.57. The molecule has 0 saturated heterocycles. The smallest absolute Gasteiger partial charge is 0.246 e. The van der Waals surface area contributed by atoms with Gasteiger partial charge in [0.15, 0.2) is 0 Å². The van der Waals surface area contributed by atoms with Crippen LogP contribution < -0.4 is 5.32 Å². The lowest BCUT2D eigenvalue weighted by Crippen LogP contribution is -2.18. The zero-order valence-electron chi connectivity index (χ0n) is 12.0. The summed E-state index contributed by atoms with van der Waals surface area (Å²) in [7, 11) is 0. The van der Waals surface area contributed by atoms with E-state index in [-0.39, 0.29) is 12.5 Å². The zero-order chi connectivity index (χ0) is 15.5. The maximum absolute atomic E-state index is 12.1. The second-order valence-electron chi connectivity index (χ2n) is 4.92. The van der Waals surface area contributed by atoms with Gasteiger partial charge in [-0.05, 0) is 24.6 Å². The van der Waals surface area contributed by atoms with Crippen LogP contribution in [0.3, 0.4) is 0 Å². The number of rotatable bonds is 5. The van der Waals surface area contributed by atoms with E-state index in [0.717, 1.165) is 28.8 Å². The Balaban J connectivity index is 1.71. The van der Waals surface area contributed by atoms with Crippen LogP contribution in [0.25, 0.3) is 10.9 Å². The Bertz CT molecular complexity index is 811. The second-order valence-corrected chi connectivity index (χ2v) is 6.38. The third-order valence-electron chi connectivity index (χ3n) is 3.25. The van der Waals surface area contributed by atoms with Crippen molar-refractivity contribution in [2.24, 2.45) is 0 Å². The van der Waals surface area contributed by atoms with Crippen LogP contribution in [0.2, 0.25) is 5.02 Å². The topological polar surface area (TPSA) is 59.8 Å². The van der Waals surface area contributed by atoms with Gasteiger partial charge in [-0.1, -0.05) is 35.9 Å². The third kappa shape index (κ3) is 3.13. The van der Waals surface area contributed by atoms with E-state index in [1.807, 2.05) is 35.0 Å². The Morgan fingerprint density at radius 3 is 3.05 bits per heavy atom. The molecule has 0 spiro atoms. The Morgan fingerprint density at radius 1 is 1.36 bits per heavy atom. The predicted octanol–water partition coefficient (Wildman–Crippen LogP) is 3.74.